The Kier molecular flexibility index (Phi) is 25.4. The molecule has 62 heavy (non-hydrogen) atoms. The lowest BCUT2D eigenvalue weighted by atomic mass is 10.0. The smallest absolute Gasteiger partial charge is 0.220 e. The van der Waals surface area contributed by atoms with Crippen molar-refractivity contribution in [2.24, 2.45) is 0 Å². The van der Waals surface area contributed by atoms with E-state index in [1.807, 2.05) is 0 Å². The van der Waals surface area contributed by atoms with Gasteiger partial charge in [-0.05, 0) is 19.6 Å². The predicted octanol–water partition coefficient (Wildman–Crippen LogP) is 4.48. The molecular weight excluding hydrogens is 842 g/mol. The van der Waals surface area contributed by atoms with Crippen LogP contribution in [0.15, 0.2) is 18.9 Å². The highest BCUT2D eigenvalue weighted by Gasteiger charge is 2.48. The van der Waals surface area contributed by atoms with Gasteiger partial charge in [0.25, 0.3) is 0 Å². The maximum Gasteiger partial charge on any atom is 0.220 e. The van der Waals surface area contributed by atoms with E-state index in [-0.39, 0.29) is 24.9 Å². The van der Waals surface area contributed by atoms with E-state index in [4.69, 9.17) is 55.2 Å². The van der Waals surface area contributed by atoms with Crippen molar-refractivity contribution in [1.82, 2.24) is 39.8 Å². The van der Waals surface area contributed by atoms with E-state index < -0.39 is 31.0 Å². The van der Waals surface area contributed by atoms with Gasteiger partial charge in [-0.3, -0.25) is 9.36 Å². The number of rotatable bonds is 37. The summed E-state index contributed by atoms with van der Waals surface area (Å²) < 4.78 is 49.6. The number of nitrogen functional groups attached to an aromatic ring is 1. The first-order valence-electron chi connectivity index (χ1n) is 22.3. The normalized spacial score (nSPS) is 18.8. The lowest BCUT2D eigenvalue weighted by Crippen LogP contribution is -2.38. The number of nitrogens with zero attached hydrogens (tertiary/aromatic N) is 7. The molecule has 4 heterocycles. The molecule has 3 aromatic heterocycles. The Morgan fingerprint density at radius 3 is 2.11 bits per heavy atom. The Labute approximate surface area is 371 Å². The predicted molar refractivity (Wildman–Crippen MR) is 236 cm³/mol. The molecule has 0 spiro atoms. The van der Waals surface area contributed by atoms with Crippen LogP contribution in [0, 0.1) is 0 Å². The Bertz CT molecular complexity index is 1700. The fourth-order valence-electron chi connectivity index (χ4n) is 7.08. The first-order chi connectivity index (χ1) is 30.2. The van der Waals surface area contributed by atoms with Crippen molar-refractivity contribution in [3.05, 3.63) is 24.5 Å². The van der Waals surface area contributed by atoms with Crippen LogP contribution < -0.4 is 15.9 Å². The fraction of sp³-hybridized carbons (Fsp3) is 0.805. The number of carbonyl (C=O) groups is 1. The third-order valence-corrected chi connectivity index (χ3v) is 11.1. The minimum Gasteiger partial charge on any atom is -0.801 e. The van der Waals surface area contributed by atoms with Crippen LogP contribution >= 0.6 is 6.49 Å². The van der Waals surface area contributed by atoms with Crippen LogP contribution in [0.2, 0.25) is 0 Å². The van der Waals surface area contributed by atoms with Crippen LogP contribution in [0.25, 0.3) is 11.2 Å². The highest BCUT2D eigenvalue weighted by molar-refractivity contribution is 8.08. The second kappa shape index (κ2) is 30.4. The number of hydrogen-bond acceptors (Lipinski definition) is 17. The lowest BCUT2D eigenvalue weighted by Gasteiger charge is -2.32. The summed E-state index contributed by atoms with van der Waals surface area (Å²) in [6.07, 6.45) is 19.0. The van der Waals surface area contributed by atoms with Gasteiger partial charge < -0.3 is 53.6 Å². The Hall–Kier alpha value is -2.75. The summed E-state index contributed by atoms with van der Waals surface area (Å²) in [7, 11) is 1.53. The van der Waals surface area contributed by atoms with Gasteiger partial charge in [0.05, 0.1) is 85.1 Å². The summed E-state index contributed by atoms with van der Waals surface area (Å²) in [6.45, 7) is 4.88. The lowest BCUT2D eigenvalue weighted by molar-refractivity contribution is -0.190. The molecule has 0 aliphatic carbocycles. The number of unbranched alkanes of at least 4 members (excludes halogenated alkanes) is 12. The van der Waals surface area contributed by atoms with Gasteiger partial charge in [0, 0.05) is 20.1 Å². The van der Waals surface area contributed by atoms with E-state index in [0.717, 1.165) is 12.8 Å². The van der Waals surface area contributed by atoms with E-state index in [9.17, 15) is 9.69 Å². The van der Waals surface area contributed by atoms with Crippen molar-refractivity contribution >= 4 is 41.2 Å². The monoisotopic (exact) mass is 912 g/mol. The largest absolute Gasteiger partial charge is 0.801 e. The topological polar surface area (TPSA) is 226 Å². The number of aromatic nitrogens is 7. The van der Waals surface area contributed by atoms with E-state index >= 15 is 0 Å². The van der Waals surface area contributed by atoms with Crippen LogP contribution in [-0.4, -0.2) is 139 Å². The molecule has 4 rings (SSSR count). The number of fused-ring (bicyclic) bond motifs is 1. The van der Waals surface area contributed by atoms with E-state index in [0.29, 0.717) is 89.2 Å². The molecule has 3 unspecified atom stereocenters. The van der Waals surface area contributed by atoms with E-state index in [1.165, 1.54) is 97.1 Å². The summed E-state index contributed by atoms with van der Waals surface area (Å²) >= 11 is 5.13. The molecule has 1 fully saturated rings. The standard InChI is InChI=1S/C41H72N9O10PS/c1-4-5-6-7-8-9-10-11-12-13-14-15-16-17-35(51)43-18-20-54-22-24-56-26-27-57-25-23-55-21-19-49-28-33(47-48-49)29-58-38-37(60-61(3,52)62)34(30-53-2)59-41(38)50-32-46-36-39(42)44-31-45-40(36)50/h28,31-32,34,37-38,41H,4-27,29-30H2,1-3H3,(H,43,51)(H,52,62)(H2,42,44,45)/p-1/t34-,37?,38?,41-,61?/m1/s1. The molecule has 352 valence electrons. The average molecular weight is 913 g/mol. The molecule has 1 aliphatic rings. The number of amides is 1. The van der Waals surface area contributed by atoms with Gasteiger partial charge in [0.2, 0.25) is 5.91 Å². The highest BCUT2D eigenvalue weighted by Crippen LogP contribution is 2.43. The second-order valence-electron chi connectivity index (χ2n) is 15.5. The third kappa shape index (κ3) is 20.0. The Morgan fingerprint density at radius 1 is 0.871 bits per heavy atom. The van der Waals surface area contributed by atoms with Gasteiger partial charge in [-0.2, -0.15) is 0 Å². The van der Waals surface area contributed by atoms with Crippen molar-refractivity contribution in [3.63, 3.8) is 0 Å². The molecule has 3 aromatic rings. The molecule has 1 amide bonds. The Morgan fingerprint density at radius 2 is 1.48 bits per heavy atom. The van der Waals surface area contributed by atoms with Crippen molar-refractivity contribution in [3.8, 4) is 0 Å². The van der Waals surface area contributed by atoms with Gasteiger partial charge in [0.15, 0.2) is 17.7 Å². The van der Waals surface area contributed by atoms with Gasteiger partial charge in [-0.15, -0.1) is 5.10 Å². The summed E-state index contributed by atoms with van der Waals surface area (Å²) in [5.74, 6) is 0.315. The number of imidazole rings is 1. The van der Waals surface area contributed by atoms with E-state index in [2.05, 4.69) is 37.5 Å². The molecule has 0 saturated carbocycles. The number of nitrogens with one attached hydrogen (secondary N) is 1. The maximum atomic E-state index is 12.7. The van der Waals surface area contributed by atoms with Gasteiger partial charge in [0.1, 0.15) is 35.8 Å². The summed E-state index contributed by atoms with van der Waals surface area (Å²) in [6, 6.07) is 0. The minimum absolute atomic E-state index is 0.0417. The molecule has 1 aliphatic heterocycles. The minimum atomic E-state index is -3.39. The first-order valence-corrected chi connectivity index (χ1v) is 25.4. The van der Waals surface area contributed by atoms with Crippen molar-refractivity contribution in [2.75, 3.05) is 85.5 Å². The maximum absolute atomic E-state index is 12.7. The zero-order chi connectivity index (χ0) is 44.3. The zero-order valence-corrected chi connectivity index (χ0v) is 38.8. The number of carbonyl (C=O) groups excluding carboxylic acids is 1. The van der Waals surface area contributed by atoms with Crippen LogP contribution in [0.1, 0.15) is 109 Å². The molecule has 21 heteroatoms. The molecule has 0 radical (unpaired) electrons. The molecule has 3 N–H and O–H groups in total. The second-order valence-corrected chi connectivity index (χ2v) is 19.2. The average Bonchev–Trinajstić information content (AvgIpc) is 3.97. The highest BCUT2D eigenvalue weighted by atomic mass is 32.5. The van der Waals surface area contributed by atoms with Gasteiger partial charge in [-0.1, -0.05) is 101 Å². The van der Waals surface area contributed by atoms with Crippen LogP contribution in [0.4, 0.5) is 5.82 Å². The fourth-order valence-corrected chi connectivity index (χ4v) is 8.08. The van der Waals surface area contributed by atoms with Crippen LogP contribution in [0.3, 0.4) is 0 Å². The number of hydrogen-bond donors (Lipinski definition) is 2. The first kappa shape index (κ1) is 51.9. The van der Waals surface area contributed by atoms with E-state index in [1.54, 1.807) is 15.4 Å². The molecule has 5 atom stereocenters. The number of methoxy groups -OCH3 is 1. The molecule has 0 aromatic carbocycles. The molecule has 19 nitrogen and oxygen atoms in total. The zero-order valence-electron chi connectivity index (χ0n) is 37.1. The van der Waals surface area contributed by atoms with Crippen LogP contribution in [-0.2, 0) is 67.4 Å². The quantitative estimate of drug-likeness (QED) is 0.0601. The van der Waals surface area contributed by atoms with Gasteiger partial charge >= 0.3 is 0 Å². The van der Waals surface area contributed by atoms with Crippen molar-refractivity contribution in [2.45, 2.75) is 135 Å². The molecule has 1 saturated heterocycles. The Balaban J connectivity index is 0.981. The summed E-state index contributed by atoms with van der Waals surface area (Å²) in [4.78, 5) is 37.4. The molecular formula is C41H71N9O10PS-. The van der Waals surface area contributed by atoms with Crippen molar-refractivity contribution < 1.29 is 47.4 Å². The number of nitrogens with two attached hydrogens (primary N) is 1. The van der Waals surface area contributed by atoms with Crippen molar-refractivity contribution in [1.29, 1.82) is 0 Å². The number of ether oxygens (including phenoxy) is 7. The molecule has 0 bridgehead atoms. The van der Waals surface area contributed by atoms with Gasteiger partial charge in [-0.25, -0.2) is 19.6 Å². The third-order valence-electron chi connectivity index (χ3n) is 10.3. The SMILES string of the molecule is CCCCCCCCCCCCCCCC(=O)NCCOCCOCCOCCOCCn1cc(COC2C(OP(C)([O-])=S)[C@@H](COC)O[C@H]2n2cnc3c(N)ncnc32)nn1. The van der Waals surface area contributed by atoms with Crippen LogP contribution in [0.5, 0.6) is 0 Å². The number of anilines is 1. The summed E-state index contributed by atoms with van der Waals surface area (Å²) in [5, 5.41) is 11.4. The summed E-state index contributed by atoms with van der Waals surface area (Å²) in [5.41, 5.74) is 7.40.